The highest BCUT2D eigenvalue weighted by molar-refractivity contribution is 5.87. The molecule has 0 saturated carbocycles. The Morgan fingerprint density at radius 3 is 2.37 bits per heavy atom. The van der Waals surface area contributed by atoms with Gasteiger partial charge >= 0.3 is 0 Å². The van der Waals surface area contributed by atoms with E-state index >= 15 is 0 Å². The summed E-state index contributed by atoms with van der Waals surface area (Å²) in [5.74, 6) is -0.161. The van der Waals surface area contributed by atoms with Gasteiger partial charge in [-0.3, -0.25) is 9.59 Å². The monoisotopic (exact) mass is 271 g/mol. The zero-order valence-corrected chi connectivity index (χ0v) is 12.1. The first-order chi connectivity index (χ1) is 9.03. The second-order valence-corrected chi connectivity index (χ2v) is 4.82. The third-order valence-corrected chi connectivity index (χ3v) is 3.51. The summed E-state index contributed by atoms with van der Waals surface area (Å²) in [6.45, 7) is 5.71. The van der Waals surface area contributed by atoms with E-state index in [0.717, 1.165) is 6.42 Å². The first-order valence-electron chi connectivity index (χ1n) is 6.91. The van der Waals surface area contributed by atoms with Crippen molar-refractivity contribution in [1.29, 1.82) is 0 Å². The Labute approximate surface area is 114 Å². The molecular weight excluding hydrogens is 246 g/mol. The van der Waals surface area contributed by atoms with Crippen molar-refractivity contribution in [2.24, 2.45) is 5.73 Å². The summed E-state index contributed by atoms with van der Waals surface area (Å²) in [7, 11) is 1.64. The largest absolute Gasteiger partial charge is 0.364 e. The van der Waals surface area contributed by atoms with Crippen molar-refractivity contribution in [2.45, 2.75) is 38.9 Å². The molecule has 0 aromatic carbocycles. The Morgan fingerprint density at radius 1 is 1.26 bits per heavy atom. The van der Waals surface area contributed by atoms with Crippen molar-refractivity contribution in [3.63, 3.8) is 0 Å². The van der Waals surface area contributed by atoms with Gasteiger partial charge in [-0.2, -0.15) is 0 Å². The molecule has 0 unspecified atom stereocenters. The van der Waals surface area contributed by atoms with Crippen LogP contribution < -0.4 is 5.73 Å². The number of carbonyl (C=O) groups excluding carboxylic acids is 2. The smallest absolute Gasteiger partial charge is 0.251 e. The van der Waals surface area contributed by atoms with Gasteiger partial charge in [0.1, 0.15) is 6.10 Å². The van der Waals surface area contributed by atoms with Gasteiger partial charge in [-0.1, -0.05) is 0 Å². The summed E-state index contributed by atoms with van der Waals surface area (Å²) < 4.78 is 5.55. The molecule has 1 aliphatic rings. The van der Waals surface area contributed by atoms with Crippen LogP contribution in [-0.2, 0) is 14.3 Å². The third-order valence-electron chi connectivity index (χ3n) is 3.51. The number of nitrogens with two attached hydrogens (primary N) is 1. The molecule has 1 saturated heterocycles. The normalized spacial score (nSPS) is 22.3. The van der Waals surface area contributed by atoms with E-state index in [1.807, 2.05) is 13.8 Å². The lowest BCUT2D eigenvalue weighted by Gasteiger charge is -2.25. The molecule has 2 atom stereocenters. The highest BCUT2D eigenvalue weighted by Gasteiger charge is 2.32. The molecule has 1 fully saturated rings. The Balaban J connectivity index is 2.47. The molecule has 0 aromatic rings. The van der Waals surface area contributed by atoms with Crippen molar-refractivity contribution in [2.75, 3.05) is 33.2 Å². The second kappa shape index (κ2) is 7.45. The minimum Gasteiger partial charge on any atom is -0.364 e. The fraction of sp³-hybridized carbons (Fsp3) is 0.846. The summed E-state index contributed by atoms with van der Waals surface area (Å²) in [6.07, 6.45) is 1.03. The van der Waals surface area contributed by atoms with E-state index in [9.17, 15) is 9.59 Å². The Morgan fingerprint density at radius 2 is 1.89 bits per heavy atom. The molecule has 1 heterocycles. The number of nitrogens with zero attached hydrogens (tertiary/aromatic N) is 2. The summed E-state index contributed by atoms with van der Waals surface area (Å²) in [5.41, 5.74) is 5.52. The van der Waals surface area contributed by atoms with E-state index in [-0.39, 0.29) is 24.5 Å². The van der Waals surface area contributed by atoms with Crippen molar-refractivity contribution in [3.05, 3.63) is 0 Å². The van der Waals surface area contributed by atoms with Crippen LogP contribution in [0.3, 0.4) is 0 Å². The van der Waals surface area contributed by atoms with Gasteiger partial charge in [0.15, 0.2) is 0 Å². The molecule has 6 nitrogen and oxygen atoms in total. The molecule has 1 rings (SSSR count). The highest BCUT2D eigenvalue weighted by Crippen LogP contribution is 2.20. The Hall–Kier alpha value is -1.14. The predicted octanol–water partition coefficient (Wildman–Crippen LogP) is -0.180. The van der Waals surface area contributed by atoms with Crippen LogP contribution in [0.2, 0.25) is 0 Å². The maximum absolute atomic E-state index is 12.1. The van der Waals surface area contributed by atoms with Gasteiger partial charge in [0.2, 0.25) is 5.91 Å². The van der Waals surface area contributed by atoms with Crippen molar-refractivity contribution in [1.82, 2.24) is 9.80 Å². The number of hydrogen-bond acceptors (Lipinski definition) is 4. The van der Waals surface area contributed by atoms with Crippen LogP contribution in [-0.4, -0.2) is 67.0 Å². The number of carbonyl (C=O) groups is 2. The first-order valence-corrected chi connectivity index (χ1v) is 6.91. The molecule has 0 radical (unpaired) electrons. The lowest BCUT2D eigenvalue weighted by atomic mass is 10.2. The van der Waals surface area contributed by atoms with E-state index < -0.39 is 6.10 Å². The summed E-state index contributed by atoms with van der Waals surface area (Å²) in [5, 5.41) is 0. The van der Waals surface area contributed by atoms with Crippen LogP contribution in [0.1, 0.15) is 26.7 Å². The van der Waals surface area contributed by atoms with Gasteiger partial charge in [-0.15, -0.1) is 0 Å². The van der Waals surface area contributed by atoms with Gasteiger partial charge in [-0.05, 0) is 26.7 Å². The lowest BCUT2D eigenvalue weighted by Crippen LogP contribution is -2.44. The maximum Gasteiger partial charge on any atom is 0.251 e. The van der Waals surface area contributed by atoms with Crippen LogP contribution in [0.15, 0.2) is 0 Å². The van der Waals surface area contributed by atoms with Gasteiger partial charge < -0.3 is 20.3 Å². The Bertz CT molecular complexity index is 318. The molecule has 110 valence electrons. The molecular formula is C13H25N3O3. The van der Waals surface area contributed by atoms with E-state index in [4.69, 9.17) is 10.5 Å². The SMILES string of the molecule is CCN(CC)C(=O)CN(C)C(=O)[C@@H]1CC[C@H](CN)O1. The van der Waals surface area contributed by atoms with Crippen LogP contribution in [0, 0.1) is 0 Å². The molecule has 2 N–H and O–H groups in total. The Kier molecular flexibility index (Phi) is 6.24. The molecule has 0 bridgehead atoms. The zero-order valence-electron chi connectivity index (χ0n) is 12.1. The standard InChI is InChI=1S/C13H25N3O3/c1-4-16(5-2)12(17)9-15(3)13(18)11-7-6-10(8-14)19-11/h10-11H,4-9,14H2,1-3H3/t10-,11+/m1/s1. The predicted molar refractivity (Wildman–Crippen MR) is 72.5 cm³/mol. The number of likely N-dealkylation sites (N-methyl/N-ethyl adjacent to an activating group) is 2. The van der Waals surface area contributed by atoms with Gasteiger partial charge in [0.25, 0.3) is 5.91 Å². The summed E-state index contributed by atoms with van der Waals surface area (Å²) in [4.78, 5) is 27.2. The molecule has 6 heteroatoms. The molecule has 0 aromatic heterocycles. The van der Waals surface area contributed by atoms with E-state index in [0.29, 0.717) is 26.1 Å². The molecule has 19 heavy (non-hydrogen) atoms. The highest BCUT2D eigenvalue weighted by atomic mass is 16.5. The summed E-state index contributed by atoms with van der Waals surface area (Å²) >= 11 is 0. The fourth-order valence-corrected chi connectivity index (χ4v) is 2.26. The van der Waals surface area contributed by atoms with Gasteiger partial charge in [-0.25, -0.2) is 0 Å². The van der Waals surface area contributed by atoms with Gasteiger partial charge in [0, 0.05) is 26.7 Å². The summed E-state index contributed by atoms with van der Waals surface area (Å²) in [6, 6.07) is 0. The van der Waals surface area contributed by atoms with Crippen LogP contribution in [0.25, 0.3) is 0 Å². The molecule has 1 aliphatic heterocycles. The first kappa shape index (κ1) is 15.9. The lowest BCUT2D eigenvalue weighted by molar-refractivity contribution is -0.146. The van der Waals surface area contributed by atoms with E-state index in [1.165, 1.54) is 4.90 Å². The van der Waals surface area contributed by atoms with E-state index in [2.05, 4.69) is 0 Å². The topological polar surface area (TPSA) is 75.9 Å². The van der Waals surface area contributed by atoms with Crippen molar-refractivity contribution >= 4 is 11.8 Å². The molecule has 2 amide bonds. The van der Waals surface area contributed by atoms with Crippen LogP contribution in [0.4, 0.5) is 0 Å². The minimum absolute atomic E-state index is 0.0270. The molecule has 0 aliphatic carbocycles. The van der Waals surface area contributed by atoms with Crippen LogP contribution in [0.5, 0.6) is 0 Å². The van der Waals surface area contributed by atoms with Gasteiger partial charge in [0.05, 0.1) is 12.6 Å². The average Bonchev–Trinajstić information content (AvgIpc) is 2.87. The van der Waals surface area contributed by atoms with Crippen LogP contribution >= 0.6 is 0 Å². The minimum atomic E-state index is -0.442. The fourth-order valence-electron chi connectivity index (χ4n) is 2.26. The number of rotatable bonds is 6. The van der Waals surface area contributed by atoms with Crippen molar-refractivity contribution in [3.8, 4) is 0 Å². The number of amides is 2. The number of ether oxygens (including phenoxy) is 1. The van der Waals surface area contributed by atoms with Crippen molar-refractivity contribution < 1.29 is 14.3 Å². The molecule has 0 spiro atoms. The average molecular weight is 271 g/mol. The third kappa shape index (κ3) is 4.18. The number of hydrogen-bond donors (Lipinski definition) is 1. The zero-order chi connectivity index (χ0) is 14.4. The quantitative estimate of drug-likeness (QED) is 0.727. The van der Waals surface area contributed by atoms with E-state index in [1.54, 1.807) is 11.9 Å². The maximum atomic E-state index is 12.1. The second-order valence-electron chi connectivity index (χ2n) is 4.82.